The fourth-order valence-electron chi connectivity index (χ4n) is 6.96. The number of carbonyl (C=O) groups excluding carboxylic acids is 1. The van der Waals surface area contributed by atoms with E-state index in [2.05, 4.69) is 22.0 Å². The van der Waals surface area contributed by atoms with E-state index in [0.717, 1.165) is 32.5 Å². The average molecular weight is 480 g/mol. The third-order valence-corrected chi connectivity index (χ3v) is 8.86. The second-order valence-corrected chi connectivity index (χ2v) is 10.5. The lowest BCUT2D eigenvalue weighted by molar-refractivity contribution is -0.142. The number of hydrogen-bond donors (Lipinski definition) is 1. The average Bonchev–Trinajstić information content (AvgIpc) is 3.46. The van der Waals surface area contributed by atoms with Crippen LogP contribution in [0.15, 0.2) is 18.2 Å². The first kappa shape index (κ1) is 23.9. The van der Waals surface area contributed by atoms with E-state index in [9.17, 15) is 18.0 Å². The minimum Gasteiger partial charge on any atom is -0.381 e. The zero-order chi connectivity index (χ0) is 23.9. The van der Waals surface area contributed by atoms with Crippen molar-refractivity contribution in [3.8, 4) is 0 Å². The number of benzene rings is 1. The molecule has 1 amide bonds. The summed E-state index contributed by atoms with van der Waals surface area (Å²) in [6, 6.07) is 5.95. The number of nitrogens with zero attached hydrogens (tertiary/aromatic N) is 2. The summed E-state index contributed by atoms with van der Waals surface area (Å²) in [5.41, 5.74) is -0.591. The SMILES string of the molecule is CCC1CCCN1C1CCN(c2ccc(C3COCCC34CCNC4=O)c(C(F)(F)F)c2)CC1. The highest BCUT2D eigenvalue weighted by molar-refractivity contribution is 5.86. The lowest BCUT2D eigenvalue weighted by Crippen LogP contribution is -2.46. The lowest BCUT2D eigenvalue weighted by Gasteiger charge is -2.41. The number of nitrogens with one attached hydrogen (secondary N) is 1. The Kier molecular flexibility index (Phi) is 6.57. The lowest BCUT2D eigenvalue weighted by atomic mass is 9.67. The minimum absolute atomic E-state index is 0.132. The molecule has 0 aliphatic carbocycles. The van der Waals surface area contributed by atoms with Crippen molar-refractivity contribution in [3.05, 3.63) is 29.3 Å². The number of piperidine rings is 1. The summed E-state index contributed by atoms with van der Waals surface area (Å²) in [5.74, 6) is -0.714. The first-order valence-corrected chi connectivity index (χ1v) is 12.9. The molecule has 1 aromatic rings. The van der Waals surface area contributed by atoms with Crippen LogP contribution in [0.3, 0.4) is 0 Å². The van der Waals surface area contributed by atoms with Gasteiger partial charge in [-0.25, -0.2) is 0 Å². The number of hydrogen-bond acceptors (Lipinski definition) is 4. The number of amides is 1. The number of rotatable bonds is 4. The molecule has 0 bridgehead atoms. The van der Waals surface area contributed by atoms with E-state index in [0.29, 0.717) is 43.8 Å². The molecule has 5 rings (SSSR count). The van der Waals surface area contributed by atoms with E-state index >= 15 is 0 Å². The predicted molar refractivity (Wildman–Crippen MR) is 125 cm³/mol. The largest absolute Gasteiger partial charge is 0.416 e. The van der Waals surface area contributed by atoms with Gasteiger partial charge >= 0.3 is 6.18 Å². The fraction of sp³-hybridized carbons (Fsp3) is 0.731. The van der Waals surface area contributed by atoms with E-state index in [1.165, 1.54) is 25.3 Å². The third kappa shape index (κ3) is 4.21. The number of ether oxygens (including phenoxy) is 1. The summed E-state index contributed by atoms with van der Waals surface area (Å²) in [7, 11) is 0. The van der Waals surface area contributed by atoms with Crippen molar-refractivity contribution in [1.82, 2.24) is 10.2 Å². The second kappa shape index (κ2) is 9.34. The van der Waals surface area contributed by atoms with Gasteiger partial charge in [0.2, 0.25) is 5.91 Å². The molecular weight excluding hydrogens is 443 g/mol. The van der Waals surface area contributed by atoms with E-state index in [1.807, 2.05) is 6.07 Å². The molecule has 1 N–H and O–H groups in total. The monoisotopic (exact) mass is 479 g/mol. The molecule has 1 aromatic carbocycles. The molecule has 34 heavy (non-hydrogen) atoms. The van der Waals surface area contributed by atoms with Crippen LogP contribution in [0.4, 0.5) is 18.9 Å². The number of carbonyl (C=O) groups is 1. The number of likely N-dealkylation sites (tertiary alicyclic amines) is 1. The van der Waals surface area contributed by atoms with Crippen LogP contribution in [0, 0.1) is 5.41 Å². The molecule has 4 fully saturated rings. The molecule has 8 heteroatoms. The maximum Gasteiger partial charge on any atom is 0.416 e. The highest BCUT2D eigenvalue weighted by Gasteiger charge is 2.52. The van der Waals surface area contributed by atoms with E-state index in [4.69, 9.17) is 4.74 Å². The number of halogens is 3. The van der Waals surface area contributed by atoms with Crippen LogP contribution in [0.5, 0.6) is 0 Å². The number of anilines is 1. The van der Waals surface area contributed by atoms with Crippen molar-refractivity contribution in [2.45, 2.75) is 76.0 Å². The quantitative estimate of drug-likeness (QED) is 0.688. The van der Waals surface area contributed by atoms with Crippen molar-refractivity contribution in [2.24, 2.45) is 5.41 Å². The normalized spacial score (nSPS) is 31.4. The van der Waals surface area contributed by atoms with Gasteiger partial charge in [-0.2, -0.15) is 13.2 Å². The minimum atomic E-state index is -4.48. The first-order valence-electron chi connectivity index (χ1n) is 12.9. The molecule has 1 spiro atoms. The molecule has 4 aliphatic heterocycles. The summed E-state index contributed by atoms with van der Waals surface area (Å²) in [4.78, 5) is 17.5. The Hall–Kier alpha value is -1.80. The summed E-state index contributed by atoms with van der Waals surface area (Å²) < 4.78 is 48.5. The standard InChI is InChI=1S/C26H36F3N3O2/c1-2-18-4-3-12-32(18)19-7-13-31(14-8-19)20-5-6-21(22(16-20)26(27,28)29)23-17-34-15-10-25(23)9-11-30-24(25)33/h5-6,16,18-19,23H,2-4,7-15,17H2,1H3,(H,30,33). The maximum atomic E-state index is 14.3. The van der Waals surface area contributed by atoms with Gasteiger partial charge in [-0.05, 0) is 69.2 Å². The van der Waals surface area contributed by atoms with Crippen LogP contribution >= 0.6 is 0 Å². The molecule has 4 saturated heterocycles. The Morgan fingerprint density at radius 1 is 1.15 bits per heavy atom. The highest BCUT2D eigenvalue weighted by Crippen LogP contribution is 2.50. The van der Waals surface area contributed by atoms with Crippen LogP contribution in [0.1, 0.15) is 68.9 Å². The third-order valence-electron chi connectivity index (χ3n) is 8.86. The topological polar surface area (TPSA) is 44.8 Å². The van der Waals surface area contributed by atoms with Crippen molar-refractivity contribution in [3.63, 3.8) is 0 Å². The molecule has 0 radical (unpaired) electrons. The molecule has 4 aliphatic rings. The highest BCUT2D eigenvalue weighted by atomic mass is 19.4. The summed E-state index contributed by atoms with van der Waals surface area (Å²) in [6.07, 6.45) is 2.19. The van der Waals surface area contributed by atoms with Gasteiger partial charge in [-0.15, -0.1) is 0 Å². The Bertz CT molecular complexity index is 900. The van der Waals surface area contributed by atoms with Gasteiger partial charge < -0.3 is 15.0 Å². The maximum absolute atomic E-state index is 14.3. The Morgan fingerprint density at radius 2 is 1.94 bits per heavy atom. The Morgan fingerprint density at radius 3 is 2.62 bits per heavy atom. The molecule has 4 heterocycles. The molecule has 3 unspecified atom stereocenters. The van der Waals surface area contributed by atoms with Crippen LogP contribution in [-0.2, 0) is 15.7 Å². The molecule has 3 atom stereocenters. The molecule has 0 saturated carbocycles. The van der Waals surface area contributed by atoms with Crippen molar-refractivity contribution in [2.75, 3.05) is 44.3 Å². The molecular formula is C26H36F3N3O2. The smallest absolute Gasteiger partial charge is 0.381 e. The van der Waals surface area contributed by atoms with E-state index in [1.54, 1.807) is 6.07 Å². The van der Waals surface area contributed by atoms with E-state index < -0.39 is 23.1 Å². The molecule has 0 aromatic heterocycles. The zero-order valence-electron chi connectivity index (χ0n) is 20.0. The van der Waals surface area contributed by atoms with Gasteiger partial charge in [0.15, 0.2) is 0 Å². The van der Waals surface area contributed by atoms with Crippen molar-refractivity contribution in [1.29, 1.82) is 0 Å². The van der Waals surface area contributed by atoms with Gasteiger partial charge in [-0.1, -0.05) is 13.0 Å². The van der Waals surface area contributed by atoms with Crippen LogP contribution in [-0.4, -0.2) is 62.3 Å². The summed E-state index contributed by atoms with van der Waals surface area (Å²) in [6.45, 7) is 6.01. The predicted octanol–water partition coefficient (Wildman–Crippen LogP) is 4.56. The van der Waals surface area contributed by atoms with Gasteiger partial charge in [0.25, 0.3) is 0 Å². The van der Waals surface area contributed by atoms with Gasteiger partial charge in [-0.3, -0.25) is 9.69 Å². The first-order chi connectivity index (χ1) is 16.3. The van der Waals surface area contributed by atoms with Gasteiger partial charge in [0.1, 0.15) is 0 Å². The van der Waals surface area contributed by atoms with Gasteiger partial charge in [0.05, 0.1) is 17.6 Å². The molecule has 188 valence electrons. The van der Waals surface area contributed by atoms with Crippen LogP contribution < -0.4 is 10.2 Å². The Balaban J connectivity index is 1.38. The fourth-order valence-corrected chi connectivity index (χ4v) is 6.96. The van der Waals surface area contributed by atoms with Crippen molar-refractivity contribution < 1.29 is 22.7 Å². The number of alkyl halides is 3. The van der Waals surface area contributed by atoms with Crippen LogP contribution in [0.25, 0.3) is 0 Å². The van der Waals surface area contributed by atoms with Crippen LogP contribution in [0.2, 0.25) is 0 Å². The second-order valence-electron chi connectivity index (χ2n) is 10.5. The zero-order valence-corrected chi connectivity index (χ0v) is 20.0. The Labute approximate surface area is 200 Å². The van der Waals surface area contributed by atoms with Gasteiger partial charge in [0, 0.05) is 49.9 Å². The summed E-state index contributed by atoms with van der Waals surface area (Å²) >= 11 is 0. The van der Waals surface area contributed by atoms with E-state index in [-0.39, 0.29) is 18.1 Å². The summed E-state index contributed by atoms with van der Waals surface area (Å²) in [5, 5.41) is 2.85. The van der Waals surface area contributed by atoms with Crippen molar-refractivity contribution >= 4 is 11.6 Å². The molecule has 5 nitrogen and oxygen atoms in total.